The van der Waals surface area contributed by atoms with E-state index in [9.17, 15) is 19.5 Å². The first-order chi connectivity index (χ1) is 19.6. The minimum atomic E-state index is -0.761. The maximum Gasteiger partial charge on any atom is 0.247 e. The molecule has 1 N–H and O–H groups in total. The normalized spacial score (nSPS) is 29.0. The number of benzene rings is 1. The van der Waals surface area contributed by atoms with Gasteiger partial charge in [-0.25, -0.2) is 0 Å². The van der Waals surface area contributed by atoms with Gasteiger partial charge in [0.2, 0.25) is 17.7 Å². The molecule has 3 amide bonds. The summed E-state index contributed by atoms with van der Waals surface area (Å²) >= 11 is 1.68. The van der Waals surface area contributed by atoms with Gasteiger partial charge in [0.1, 0.15) is 6.04 Å². The van der Waals surface area contributed by atoms with Crippen LogP contribution < -0.4 is 0 Å². The molecule has 224 valence electrons. The smallest absolute Gasteiger partial charge is 0.247 e. The Balaban J connectivity index is 1.81. The molecule has 3 fully saturated rings. The second-order valence-corrected chi connectivity index (χ2v) is 14.4. The van der Waals surface area contributed by atoms with Gasteiger partial charge < -0.3 is 19.8 Å². The summed E-state index contributed by atoms with van der Waals surface area (Å²) in [6.45, 7) is 17.6. The Hall–Kier alpha value is -2.58. The number of thioether (sulfide) groups is 1. The van der Waals surface area contributed by atoms with Crippen LogP contribution in [-0.4, -0.2) is 85.3 Å². The summed E-state index contributed by atoms with van der Waals surface area (Å²) in [6, 6.07) is 8.57. The highest BCUT2D eigenvalue weighted by atomic mass is 32.2. The lowest BCUT2D eigenvalue weighted by molar-refractivity contribution is -0.148. The summed E-state index contributed by atoms with van der Waals surface area (Å²) in [7, 11) is 0. The van der Waals surface area contributed by atoms with E-state index in [0.717, 1.165) is 18.4 Å². The predicted octanol–water partition coefficient (Wildman–Crippen LogP) is 4.51. The number of likely N-dealkylation sites (tertiary alicyclic amines) is 1. The Morgan fingerprint density at radius 1 is 1.12 bits per heavy atom. The third-order valence-electron chi connectivity index (χ3n) is 9.09. The topological polar surface area (TPSA) is 81.2 Å². The van der Waals surface area contributed by atoms with Crippen molar-refractivity contribution in [2.45, 2.75) is 81.5 Å². The van der Waals surface area contributed by atoms with E-state index in [0.29, 0.717) is 39.0 Å². The molecule has 0 saturated carbocycles. The highest BCUT2D eigenvalue weighted by Crippen LogP contribution is 2.72. The maximum atomic E-state index is 14.7. The van der Waals surface area contributed by atoms with Gasteiger partial charge in [0.25, 0.3) is 0 Å². The summed E-state index contributed by atoms with van der Waals surface area (Å²) < 4.78 is -1.17. The predicted molar refractivity (Wildman–Crippen MR) is 165 cm³/mol. The zero-order valence-corrected chi connectivity index (χ0v) is 25.9. The number of carbonyl (C=O) groups is 3. The van der Waals surface area contributed by atoms with E-state index in [1.807, 2.05) is 42.2 Å². The van der Waals surface area contributed by atoms with Crippen LogP contribution in [0, 0.1) is 17.8 Å². The number of nitrogens with zero attached hydrogens (tertiary/aromatic N) is 3. The first-order valence-corrected chi connectivity index (χ1v) is 15.9. The molecule has 3 heterocycles. The molecule has 0 radical (unpaired) electrons. The number of amides is 3. The first-order valence-electron chi connectivity index (χ1n) is 15.0. The molecular formula is C33H47N3O4S. The van der Waals surface area contributed by atoms with Crippen LogP contribution >= 0.6 is 11.8 Å². The highest BCUT2D eigenvalue weighted by Gasteiger charge is 2.78. The van der Waals surface area contributed by atoms with Crippen LogP contribution in [0.5, 0.6) is 0 Å². The van der Waals surface area contributed by atoms with Crippen molar-refractivity contribution in [3.8, 4) is 0 Å². The van der Waals surface area contributed by atoms with Crippen molar-refractivity contribution in [3.63, 3.8) is 0 Å². The minimum absolute atomic E-state index is 0.0219. The molecule has 3 saturated heterocycles. The van der Waals surface area contributed by atoms with Gasteiger partial charge in [0, 0.05) is 30.9 Å². The number of rotatable bonds is 14. The Bertz CT molecular complexity index is 1140. The lowest BCUT2D eigenvalue weighted by atomic mass is 9.66. The molecule has 2 bridgehead atoms. The third kappa shape index (κ3) is 5.62. The van der Waals surface area contributed by atoms with Gasteiger partial charge in [0.15, 0.2) is 0 Å². The summed E-state index contributed by atoms with van der Waals surface area (Å²) in [6.07, 6.45) is 6.29. The number of carbonyl (C=O) groups excluding carboxylic acids is 3. The van der Waals surface area contributed by atoms with Crippen molar-refractivity contribution in [2.24, 2.45) is 17.8 Å². The molecule has 3 aliphatic rings. The van der Waals surface area contributed by atoms with Gasteiger partial charge >= 0.3 is 0 Å². The van der Waals surface area contributed by atoms with Crippen molar-refractivity contribution in [2.75, 3.05) is 26.2 Å². The van der Waals surface area contributed by atoms with Crippen LogP contribution in [0.1, 0.15) is 58.9 Å². The minimum Gasteiger partial charge on any atom is -0.394 e. The molecule has 1 aromatic rings. The van der Waals surface area contributed by atoms with E-state index in [2.05, 4.69) is 33.9 Å². The quantitative estimate of drug-likeness (QED) is 0.327. The van der Waals surface area contributed by atoms with Crippen LogP contribution in [0.2, 0.25) is 0 Å². The second kappa shape index (κ2) is 12.7. The molecule has 1 spiro atoms. The van der Waals surface area contributed by atoms with Crippen LogP contribution in [0.3, 0.4) is 0 Å². The third-order valence-corrected chi connectivity index (χ3v) is 11.1. The lowest BCUT2D eigenvalue weighted by Crippen LogP contribution is -2.57. The summed E-state index contributed by atoms with van der Waals surface area (Å²) in [5.74, 6) is -1.24. The van der Waals surface area contributed by atoms with Crippen LogP contribution in [0.25, 0.3) is 0 Å². The van der Waals surface area contributed by atoms with Gasteiger partial charge in [-0.2, -0.15) is 0 Å². The molecule has 1 aromatic carbocycles. The van der Waals surface area contributed by atoms with E-state index in [1.54, 1.807) is 33.7 Å². The molecule has 2 unspecified atom stereocenters. The molecule has 4 rings (SSSR count). The van der Waals surface area contributed by atoms with Crippen molar-refractivity contribution in [3.05, 3.63) is 61.2 Å². The van der Waals surface area contributed by atoms with Crippen molar-refractivity contribution in [1.82, 2.24) is 14.7 Å². The average molecular weight is 582 g/mol. The van der Waals surface area contributed by atoms with E-state index in [4.69, 9.17) is 0 Å². The number of aliphatic hydroxyl groups is 1. The summed E-state index contributed by atoms with van der Waals surface area (Å²) in [5.41, 5.74) is 0.997. The SMILES string of the molecule is C=CCN(Cc1ccccc1)C(=O)C1N([C@@H](CO)CC(C)C)C(=O)[C@@H]2[C@@H](C(=O)N(CC=C)CCC)[C@@]3(C)CCC12S3. The molecule has 0 aliphatic carbocycles. The molecule has 7 nitrogen and oxygen atoms in total. The van der Waals surface area contributed by atoms with E-state index < -0.39 is 33.4 Å². The Morgan fingerprint density at radius 3 is 2.37 bits per heavy atom. The summed E-state index contributed by atoms with van der Waals surface area (Å²) in [5, 5.41) is 10.6. The molecule has 3 aliphatic heterocycles. The Kier molecular flexibility index (Phi) is 9.74. The highest BCUT2D eigenvalue weighted by molar-refractivity contribution is 8.02. The van der Waals surface area contributed by atoms with Crippen LogP contribution in [-0.2, 0) is 20.9 Å². The van der Waals surface area contributed by atoms with E-state index in [1.165, 1.54) is 0 Å². The van der Waals surface area contributed by atoms with Crippen LogP contribution in [0.15, 0.2) is 55.6 Å². The number of hydrogen-bond acceptors (Lipinski definition) is 5. The molecule has 0 aromatic heterocycles. The van der Waals surface area contributed by atoms with Gasteiger partial charge in [-0.15, -0.1) is 24.9 Å². The van der Waals surface area contributed by atoms with Crippen molar-refractivity contribution >= 4 is 29.5 Å². The van der Waals surface area contributed by atoms with Crippen LogP contribution in [0.4, 0.5) is 0 Å². The standard InChI is InChI=1S/C33H47N3O4S/c1-7-17-34(18-8-2)29(38)26-27-30(39)36(25(22-37)20-23(4)5)28(33(27)16-15-32(26,6)41-33)31(40)35(19-9-3)21-24-13-11-10-12-14-24/h7,9-14,23,25-28,37H,1,3,8,15-22H2,2,4-6H3/t25-,26+,27+,28?,32-,33?/m1/s1. The van der Waals surface area contributed by atoms with Gasteiger partial charge in [-0.3, -0.25) is 14.4 Å². The number of aliphatic hydroxyl groups excluding tert-OH is 1. The zero-order chi connectivity index (χ0) is 29.9. The number of fused-ring (bicyclic) bond motifs is 1. The second-order valence-electron chi connectivity index (χ2n) is 12.5. The van der Waals surface area contributed by atoms with E-state index >= 15 is 0 Å². The zero-order valence-electron chi connectivity index (χ0n) is 25.1. The molecular weight excluding hydrogens is 534 g/mol. The average Bonchev–Trinajstić information content (AvgIpc) is 3.51. The largest absolute Gasteiger partial charge is 0.394 e. The lowest BCUT2D eigenvalue weighted by Gasteiger charge is -2.40. The maximum absolute atomic E-state index is 14.7. The molecule has 41 heavy (non-hydrogen) atoms. The number of hydrogen-bond donors (Lipinski definition) is 1. The summed E-state index contributed by atoms with van der Waals surface area (Å²) in [4.78, 5) is 48.9. The molecule has 8 heteroatoms. The van der Waals surface area contributed by atoms with E-state index in [-0.39, 0.29) is 30.2 Å². The van der Waals surface area contributed by atoms with Gasteiger partial charge in [0.05, 0.1) is 29.2 Å². The monoisotopic (exact) mass is 581 g/mol. The Morgan fingerprint density at radius 2 is 1.78 bits per heavy atom. The van der Waals surface area contributed by atoms with Gasteiger partial charge in [-0.1, -0.05) is 63.3 Å². The fraction of sp³-hybridized carbons (Fsp3) is 0.606. The Labute approximate surface area is 250 Å². The van der Waals surface area contributed by atoms with Crippen molar-refractivity contribution < 1.29 is 19.5 Å². The fourth-order valence-corrected chi connectivity index (χ4v) is 9.84. The van der Waals surface area contributed by atoms with Gasteiger partial charge in [-0.05, 0) is 44.1 Å². The molecule has 6 atom stereocenters. The first kappa shape index (κ1) is 31.4. The fourth-order valence-electron chi connectivity index (χ4n) is 7.51. The van der Waals surface area contributed by atoms with Crippen molar-refractivity contribution in [1.29, 1.82) is 0 Å².